The molecule has 0 amide bonds. The number of thiazole rings is 1. The van der Waals surface area contributed by atoms with Gasteiger partial charge in [0.1, 0.15) is 5.82 Å². The van der Waals surface area contributed by atoms with Crippen molar-refractivity contribution in [3.8, 4) is 11.3 Å². The summed E-state index contributed by atoms with van der Waals surface area (Å²) >= 11 is 7.57. The van der Waals surface area contributed by atoms with Gasteiger partial charge in [0, 0.05) is 10.9 Å². The van der Waals surface area contributed by atoms with Crippen molar-refractivity contribution >= 4 is 50.7 Å². The van der Waals surface area contributed by atoms with Crippen molar-refractivity contribution in [2.75, 3.05) is 5.32 Å². The average molecular weight is 386 g/mol. The van der Waals surface area contributed by atoms with Crippen LogP contribution in [0.15, 0.2) is 53.9 Å². The Labute approximate surface area is 141 Å². The van der Waals surface area contributed by atoms with Gasteiger partial charge in [0.15, 0.2) is 5.13 Å². The van der Waals surface area contributed by atoms with Gasteiger partial charge in [-0.1, -0.05) is 23.7 Å². The predicted octanol–water partition coefficient (Wildman–Crippen LogP) is 5.92. The minimum absolute atomic E-state index is 0. The average Bonchev–Trinajstić information content (AvgIpc) is 2.91. The van der Waals surface area contributed by atoms with Crippen molar-refractivity contribution in [1.82, 2.24) is 4.98 Å². The molecule has 6 heteroatoms. The molecule has 0 saturated carbocycles. The Morgan fingerprint density at radius 3 is 2.48 bits per heavy atom. The zero-order valence-corrected chi connectivity index (χ0v) is 14.0. The second-order valence-electron chi connectivity index (χ2n) is 4.15. The minimum atomic E-state index is -0.251. The normalized spacial score (nSPS) is 10.0. The van der Waals surface area contributed by atoms with Crippen molar-refractivity contribution in [3.63, 3.8) is 0 Å². The number of para-hydroxylation sites is 1. The van der Waals surface area contributed by atoms with E-state index in [0.717, 1.165) is 22.1 Å². The lowest BCUT2D eigenvalue weighted by Crippen LogP contribution is -1.90. The zero-order chi connectivity index (χ0) is 13.9. The first-order valence-corrected chi connectivity index (χ1v) is 7.21. The summed E-state index contributed by atoms with van der Waals surface area (Å²) in [5, 5.41) is 6.49. The number of nitrogens with zero attached hydrogens (tertiary/aromatic N) is 1. The van der Waals surface area contributed by atoms with Gasteiger partial charge in [0.2, 0.25) is 0 Å². The standard InChI is InChI=1S/C15H10ClFN2S.BrH/c16-12-3-1-2-4-13(12)18-15-19-14(9-20-15)10-5-7-11(17)8-6-10;/h1-9H,(H,18,19);1H. The van der Waals surface area contributed by atoms with E-state index in [-0.39, 0.29) is 22.8 Å². The molecular formula is C15H11BrClFN2S. The summed E-state index contributed by atoms with van der Waals surface area (Å²) in [5.74, 6) is -0.251. The summed E-state index contributed by atoms with van der Waals surface area (Å²) in [6.07, 6.45) is 0. The van der Waals surface area contributed by atoms with Crippen molar-refractivity contribution in [3.05, 3.63) is 64.8 Å². The third-order valence-corrected chi connectivity index (χ3v) is 3.85. The molecular weight excluding hydrogens is 375 g/mol. The quantitative estimate of drug-likeness (QED) is 0.605. The largest absolute Gasteiger partial charge is 0.330 e. The topological polar surface area (TPSA) is 24.9 Å². The van der Waals surface area contributed by atoms with E-state index in [0.29, 0.717) is 5.02 Å². The van der Waals surface area contributed by atoms with Gasteiger partial charge in [-0.25, -0.2) is 9.37 Å². The van der Waals surface area contributed by atoms with Crippen LogP contribution in [0.1, 0.15) is 0 Å². The highest BCUT2D eigenvalue weighted by Crippen LogP contribution is 2.29. The van der Waals surface area contributed by atoms with Crippen LogP contribution in [0.3, 0.4) is 0 Å². The molecule has 1 N–H and O–H groups in total. The predicted molar refractivity (Wildman–Crippen MR) is 92.6 cm³/mol. The molecule has 0 aliphatic heterocycles. The molecule has 2 aromatic carbocycles. The van der Waals surface area contributed by atoms with Gasteiger partial charge in [-0.3, -0.25) is 0 Å². The molecule has 0 fully saturated rings. The Morgan fingerprint density at radius 2 is 1.76 bits per heavy atom. The Kier molecular flexibility index (Phi) is 5.33. The van der Waals surface area contributed by atoms with Crippen LogP contribution in [0.25, 0.3) is 11.3 Å². The molecule has 0 radical (unpaired) electrons. The maximum absolute atomic E-state index is 12.9. The second-order valence-corrected chi connectivity index (χ2v) is 5.41. The summed E-state index contributed by atoms with van der Waals surface area (Å²) < 4.78 is 12.9. The van der Waals surface area contributed by atoms with Crippen LogP contribution in [-0.2, 0) is 0 Å². The van der Waals surface area contributed by atoms with Gasteiger partial charge in [0.05, 0.1) is 16.4 Å². The maximum atomic E-state index is 12.9. The van der Waals surface area contributed by atoms with E-state index in [4.69, 9.17) is 11.6 Å². The first-order valence-electron chi connectivity index (χ1n) is 5.95. The summed E-state index contributed by atoms with van der Waals surface area (Å²) in [6.45, 7) is 0. The number of benzene rings is 2. The van der Waals surface area contributed by atoms with Crippen LogP contribution in [0.4, 0.5) is 15.2 Å². The van der Waals surface area contributed by atoms with Gasteiger partial charge in [-0.2, -0.15) is 0 Å². The molecule has 108 valence electrons. The molecule has 0 bridgehead atoms. The second kappa shape index (κ2) is 7.02. The Bertz CT molecular complexity index is 731. The highest BCUT2D eigenvalue weighted by atomic mass is 79.9. The molecule has 21 heavy (non-hydrogen) atoms. The van der Waals surface area contributed by atoms with Crippen molar-refractivity contribution < 1.29 is 4.39 Å². The van der Waals surface area contributed by atoms with Gasteiger partial charge in [-0.05, 0) is 36.4 Å². The molecule has 0 spiro atoms. The summed E-state index contributed by atoms with van der Waals surface area (Å²) in [4.78, 5) is 4.47. The number of halogens is 3. The fourth-order valence-electron chi connectivity index (χ4n) is 1.76. The third kappa shape index (κ3) is 3.81. The zero-order valence-electron chi connectivity index (χ0n) is 10.7. The van der Waals surface area contributed by atoms with E-state index in [1.54, 1.807) is 12.1 Å². The van der Waals surface area contributed by atoms with E-state index in [1.807, 2.05) is 29.6 Å². The lowest BCUT2D eigenvalue weighted by Gasteiger charge is -2.04. The molecule has 0 aliphatic rings. The van der Waals surface area contributed by atoms with Gasteiger partial charge in [0.25, 0.3) is 0 Å². The number of hydrogen-bond donors (Lipinski definition) is 1. The van der Waals surface area contributed by atoms with Crippen molar-refractivity contribution in [2.45, 2.75) is 0 Å². The molecule has 1 aromatic heterocycles. The van der Waals surface area contributed by atoms with Crippen molar-refractivity contribution in [2.24, 2.45) is 0 Å². The van der Waals surface area contributed by atoms with Crippen LogP contribution in [-0.4, -0.2) is 4.98 Å². The van der Waals surface area contributed by atoms with Crippen LogP contribution < -0.4 is 5.32 Å². The van der Waals surface area contributed by atoms with Gasteiger partial charge < -0.3 is 5.32 Å². The number of rotatable bonds is 3. The lowest BCUT2D eigenvalue weighted by molar-refractivity contribution is 0.628. The Hall–Kier alpha value is -1.43. The smallest absolute Gasteiger partial charge is 0.187 e. The monoisotopic (exact) mass is 384 g/mol. The fraction of sp³-hybridized carbons (Fsp3) is 0. The first kappa shape index (κ1) is 15.9. The van der Waals surface area contributed by atoms with E-state index in [1.165, 1.54) is 23.5 Å². The molecule has 0 aliphatic carbocycles. The highest BCUT2D eigenvalue weighted by molar-refractivity contribution is 8.93. The molecule has 1 heterocycles. The molecule has 3 aromatic rings. The molecule has 0 atom stereocenters. The van der Waals surface area contributed by atoms with Gasteiger partial charge in [-0.15, -0.1) is 28.3 Å². The van der Waals surface area contributed by atoms with E-state index in [2.05, 4.69) is 10.3 Å². The van der Waals surface area contributed by atoms with Crippen LogP contribution in [0, 0.1) is 5.82 Å². The van der Waals surface area contributed by atoms with Gasteiger partial charge >= 0.3 is 0 Å². The summed E-state index contributed by atoms with van der Waals surface area (Å²) in [6, 6.07) is 13.8. The maximum Gasteiger partial charge on any atom is 0.187 e. The lowest BCUT2D eigenvalue weighted by atomic mass is 10.2. The first-order chi connectivity index (χ1) is 9.72. The number of aromatic nitrogens is 1. The van der Waals surface area contributed by atoms with E-state index in [9.17, 15) is 4.39 Å². The minimum Gasteiger partial charge on any atom is -0.330 e. The molecule has 0 saturated heterocycles. The molecule has 0 unspecified atom stereocenters. The SMILES string of the molecule is Br.Fc1ccc(-c2csc(Nc3ccccc3Cl)n2)cc1. The summed E-state index contributed by atoms with van der Waals surface area (Å²) in [7, 11) is 0. The Balaban J connectivity index is 0.00000161. The molecule has 2 nitrogen and oxygen atoms in total. The third-order valence-electron chi connectivity index (χ3n) is 2.76. The van der Waals surface area contributed by atoms with Crippen LogP contribution >= 0.6 is 39.9 Å². The number of anilines is 2. The van der Waals surface area contributed by atoms with Crippen molar-refractivity contribution in [1.29, 1.82) is 0 Å². The number of hydrogen-bond acceptors (Lipinski definition) is 3. The Morgan fingerprint density at radius 1 is 1.05 bits per heavy atom. The van der Waals surface area contributed by atoms with Crippen LogP contribution in [0.5, 0.6) is 0 Å². The van der Waals surface area contributed by atoms with Crippen LogP contribution in [0.2, 0.25) is 5.02 Å². The van der Waals surface area contributed by atoms with E-state index >= 15 is 0 Å². The number of nitrogens with one attached hydrogen (secondary N) is 1. The highest BCUT2D eigenvalue weighted by Gasteiger charge is 2.06. The van der Waals surface area contributed by atoms with E-state index < -0.39 is 0 Å². The summed E-state index contributed by atoms with van der Waals surface area (Å²) in [5.41, 5.74) is 2.51. The molecule has 3 rings (SSSR count). The fourth-order valence-corrected chi connectivity index (χ4v) is 2.68.